The van der Waals surface area contributed by atoms with E-state index in [1.54, 1.807) is 6.07 Å². The summed E-state index contributed by atoms with van der Waals surface area (Å²) in [6, 6.07) is 5.60. The van der Waals surface area contributed by atoms with Gasteiger partial charge in [-0.2, -0.15) is 0 Å². The molecule has 2 rings (SSSR count). The highest BCUT2D eigenvalue weighted by molar-refractivity contribution is 6.34. The van der Waals surface area contributed by atoms with Crippen LogP contribution in [0.1, 0.15) is 28.8 Å². The quantitative estimate of drug-likeness (QED) is 0.717. The van der Waals surface area contributed by atoms with Crippen molar-refractivity contribution in [1.29, 1.82) is 0 Å². The molecule has 0 bridgehead atoms. The second-order valence-electron chi connectivity index (χ2n) is 3.94. The molecule has 1 aromatic rings. The Hall–Kier alpha value is -1.02. The summed E-state index contributed by atoms with van der Waals surface area (Å²) in [5.41, 5.74) is 1.60. The standard InChI is InChI=1S/C12H14ClNO/c1-9-5-4-6-10(11(9)13)12(15)14-7-2-3-8-14/h4-6H,2-3,7-8H2,1H3. The number of rotatable bonds is 1. The molecular weight excluding hydrogens is 210 g/mol. The number of aryl methyl sites for hydroxylation is 1. The molecule has 1 amide bonds. The van der Waals surface area contributed by atoms with E-state index in [0.29, 0.717) is 10.6 Å². The predicted octanol–water partition coefficient (Wildman–Crippen LogP) is 2.88. The minimum Gasteiger partial charge on any atom is -0.339 e. The molecule has 0 N–H and O–H groups in total. The van der Waals surface area contributed by atoms with Crippen LogP contribution in [0.4, 0.5) is 0 Å². The van der Waals surface area contributed by atoms with Crippen LogP contribution < -0.4 is 0 Å². The highest BCUT2D eigenvalue weighted by Gasteiger charge is 2.21. The summed E-state index contributed by atoms with van der Waals surface area (Å²) in [5.74, 6) is 0.0706. The van der Waals surface area contributed by atoms with Crippen LogP contribution >= 0.6 is 11.6 Å². The van der Waals surface area contributed by atoms with Crippen molar-refractivity contribution in [2.45, 2.75) is 19.8 Å². The minimum atomic E-state index is 0.0706. The molecule has 1 aliphatic rings. The first-order chi connectivity index (χ1) is 7.20. The molecule has 0 spiro atoms. The van der Waals surface area contributed by atoms with Crippen LogP contribution in [-0.2, 0) is 0 Å². The summed E-state index contributed by atoms with van der Waals surface area (Å²) >= 11 is 6.12. The van der Waals surface area contributed by atoms with Crippen molar-refractivity contribution in [3.8, 4) is 0 Å². The van der Waals surface area contributed by atoms with Crippen LogP contribution in [0.2, 0.25) is 5.02 Å². The molecule has 1 fully saturated rings. The summed E-state index contributed by atoms with van der Waals surface area (Å²) in [5, 5.41) is 0.592. The number of carbonyl (C=O) groups is 1. The van der Waals surface area contributed by atoms with Crippen molar-refractivity contribution in [1.82, 2.24) is 4.90 Å². The van der Waals surface area contributed by atoms with E-state index in [0.717, 1.165) is 31.5 Å². The van der Waals surface area contributed by atoms with E-state index in [4.69, 9.17) is 11.6 Å². The Morgan fingerprint density at radius 2 is 2.00 bits per heavy atom. The van der Waals surface area contributed by atoms with Gasteiger partial charge in [0.1, 0.15) is 0 Å². The summed E-state index contributed by atoms with van der Waals surface area (Å²) in [4.78, 5) is 13.9. The Labute approximate surface area is 94.8 Å². The second-order valence-corrected chi connectivity index (χ2v) is 4.31. The van der Waals surface area contributed by atoms with Crippen molar-refractivity contribution in [3.05, 3.63) is 34.3 Å². The minimum absolute atomic E-state index is 0.0706. The molecule has 3 heteroatoms. The van der Waals surface area contributed by atoms with Crippen molar-refractivity contribution in [2.24, 2.45) is 0 Å². The molecule has 0 atom stereocenters. The van der Waals surface area contributed by atoms with Gasteiger partial charge < -0.3 is 4.90 Å². The van der Waals surface area contributed by atoms with Crippen molar-refractivity contribution in [3.63, 3.8) is 0 Å². The molecule has 1 aromatic carbocycles. The zero-order chi connectivity index (χ0) is 10.8. The van der Waals surface area contributed by atoms with Crippen molar-refractivity contribution >= 4 is 17.5 Å². The molecule has 1 saturated heterocycles. The smallest absolute Gasteiger partial charge is 0.255 e. The lowest BCUT2D eigenvalue weighted by Crippen LogP contribution is -2.27. The fourth-order valence-electron chi connectivity index (χ4n) is 1.90. The molecule has 0 aromatic heterocycles. The third-order valence-electron chi connectivity index (χ3n) is 2.82. The van der Waals surface area contributed by atoms with Gasteiger partial charge in [-0.05, 0) is 31.4 Å². The molecule has 2 nitrogen and oxygen atoms in total. The van der Waals surface area contributed by atoms with E-state index >= 15 is 0 Å². The molecule has 0 radical (unpaired) electrons. The normalized spacial score (nSPS) is 15.7. The van der Waals surface area contributed by atoms with E-state index in [2.05, 4.69) is 0 Å². The first-order valence-electron chi connectivity index (χ1n) is 5.24. The highest BCUT2D eigenvalue weighted by atomic mass is 35.5. The lowest BCUT2D eigenvalue weighted by atomic mass is 10.1. The topological polar surface area (TPSA) is 20.3 Å². The Morgan fingerprint density at radius 1 is 1.33 bits per heavy atom. The molecule has 1 heterocycles. The fourth-order valence-corrected chi connectivity index (χ4v) is 2.11. The van der Waals surface area contributed by atoms with Crippen LogP contribution in [0.5, 0.6) is 0 Å². The van der Waals surface area contributed by atoms with E-state index in [9.17, 15) is 4.79 Å². The van der Waals surface area contributed by atoms with Gasteiger partial charge in [0, 0.05) is 13.1 Å². The number of benzene rings is 1. The first kappa shape index (κ1) is 10.5. The van der Waals surface area contributed by atoms with Crippen LogP contribution in [0, 0.1) is 6.92 Å². The monoisotopic (exact) mass is 223 g/mol. The van der Waals surface area contributed by atoms with Gasteiger partial charge in [-0.1, -0.05) is 23.7 Å². The molecule has 1 aliphatic heterocycles. The average Bonchev–Trinajstić information content (AvgIpc) is 2.74. The van der Waals surface area contributed by atoms with Gasteiger partial charge in [0.25, 0.3) is 5.91 Å². The van der Waals surface area contributed by atoms with Crippen LogP contribution in [-0.4, -0.2) is 23.9 Å². The van der Waals surface area contributed by atoms with Gasteiger partial charge in [0.15, 0.2) is 0 Å². The van der Waals surface area contributed by atoms with Crippen molar-refractivity contribution in [2.75, 3.05) is 13.1 Å². The van der Waals surface area contributed by atoms with E-state index in [1.807, 2.05) is 24.0 Å². The van der Waals surface area contributed by atoms with E-state index in [-0.39, 0.29) is 5.91 Å². The largest absolute Gasteiger partial charge is 0.339 e. The Balaban J connectivity index is 2.28. The molecule has 0 unspecified atom stereocenters. The number of carbonyl (C=O) groups excluding carboxylic acids is 1. The summed E-state index contributed by atoms with van der Waals surface area (Å²) in [6.45, 7) is 3.65. The van der Waals surface area contributed by atoms with Gasteiger partial charge in [0.2, 0.25) is 0 Å². The number of halogens is 1. The van der Waals surface area contributed by atoms with Crippen molar-refractivity contribution < 1.29 is 4.79 Å². The zero-order valence-corrected chi connectivity index (χ0v) is 9.55. The summed E-state index contributed by atoms with van der Waals surface area (Å²) in [6.07, 6.45) is 2.21. The lowest BCUT2D eigenvalue weighted by molar-refractivity contribution is 0.0793. The number of hydrogen-bond donors (Lipinski definition) is 0. The molecule has 80 valence electrons. The maximum absolute atomic E-state index is 12.1. The van der Waals surface area contributed by atoms with Crippen LogP contribution in [0.3, 0.4) is 0 Å². The third kappa shape index (κ3) is 2.00. The fraction of sp³-hybridized carbons (Fsp3) is 0.417. The number of hydrogen-bond acceptors (Lipinski definition) is 1. The molecule has 0 saturated carbocycles. The van der Waals surface area contributed by atoms with Crippen LogP contribution in [0.25, 0.3) is 0 Å². The highest BCUT2D eigenvalue weighted by Crippen LogP contribution is 2.23. The Kier molecular flexibility index (Phi) is 2.96. The summed E-state index contributed by atoms with van der Waals surface area (Å²) in [7, 11) is 0. The maximum atomic E-state index is 12.1. The molecule has 0 aliphatic carbocycles. The average molecular weight is 224 g/mol. The lowest BCUT2D eigenvalue weighted by Gasteiger charge is -2.16. The van der Waals surface area contributed by atoms with Crippen LogP contribution in [0.15, 0.2) is 18.2 Å². The SMILES string of the molecule is Cc1cccc(C(=O)N2CCCC2)c1Cl. The number of likely N-dealkylation sites (tertiary alicyclic amines) is 1. The van der Waals surface area contributed by atoms with Gasteiger partial charge >= 0.3 is 0 Å². The van der Waals surface area contributed by atoms with Gasteiger partial charge in [-0.25, -0.2) is 0 Å². The summed E-state index contributed by atoms with van der Waals surface area (Å²) < 4.78 is 0. The van der Waals surface area contributed by atoms with E-state index in [1.165, 1.54) is 0 Å². The van der Waals surface area contributed by atoms with Gasteiger partial charge in [0.05, 0.1) is 10.6 Å². The third-order valence-corrected chi connectivity index (χ3v) is 3.32. The number of amides is 1. The Bertz CT molecular complexity index is 383. The Morgan fingerprint density at radius 3 is 2.67 bits per heavy atom. The maximum Gasteiger partial charge on any atom is 0.255 e. The first-order valence-corrected chi connectivity index (χ1v) is 5.62. The molecular formula is C12H14ClNO. The van der Waals surface area contributed by atoms with Gasteiger partial charge in [-0.3, -0.25) is 4.79 Å². The van der Waals surface area contributed by atoms with E-state index < -0.39 is 0 Å². The predicted molar refractivity (Wildman–Crippen MR) is 61.3 cm³/mol. The number of nitrogens with zero attached hydrogens (tertiary/aromatic N) is 1. The second kappa shape index (κ2) is 4.23. The molecule has 15 heavy (non-hydrogen) atoms. The van der Waals surface area contributed by atoms with Gasteiger partial charge in [-0.15, -0.1) is 0 Å². The zero-order valence-electron chi connectivity index (χ0n) is 8.79.